The topological polar surface area (TPSA) is 60.7 Å². The van der Waals surface area contributed by atoms with Crippen molar-refractivity contribution in [1.82, 2.24) is 0 Å². The van der Waals surface area contributed by atoms with Crippen LogP contribution in [-0.4, -0.2) is 32.1 Å². The van der Waals surface area contributed by atoms with Crippen molar-refractivity contribution in [1.29, 1.82) is 0 Å². The highest BCUT2D eigenvalue weighted by molar-refractivity contribution is 5.55. The highest BCUT2D eigenvalue weighted by atomic mass is 16.3. The average molecular weight is 781 g/mol. The van der Waals surface area contributed by atoms with Gasteiger partial charge in [0.25, 0.3) is 0 Å². The molecule has 0 spiro atoms. The van der Waals surface area contributed by atoms with Crippen LogP contribution in [0.25, 0.3) is 0 Å². The number of rotatable bonds is 6. The Morgan fingerprint density at radius 2 is 0.561 bits per heavy atom. The second kappa shape index (κ2) is 14.9. The summed E-state index contributed by atoms with van der Waals surface area (Å²) in [7, 11) is 0. The molecule has 3 aliphatic carbocycles. The van der Waals surface area contributed by atoms with E-state index in [1.807, 2.05) is 0 Å². The van der Waals surface area contributed by atoms with Crippen LogP contribution in [0.3, 0.4) is 0 Å². The van der Waals surface area contributed by atoms with Gasteiger partial charge in [0.2, 0.25) is 0 Å². The van der Waals surface area contributed by atoms with E-state index in [1.54, 1.807) is 0 Å². The molecule has 0 radical (unpaired) electrons. The Morgan fingerprint density at radius 1 is 0.368 bits per heavy atom. The summed E-state index contributed by atoms with van der Waals surface area (Å²) in [5.41, 5.74) is 10.2. The Hall–Kier alpha value is -2.46. The van der Waals surface area contributed by atoms with Crippen molar-refractivity contribution in [2.45, 2.75) is 201 Å². The van der Waals surface area contributed by atoms with Crippen LogP contribution in [0.15, 0.2) is 69.9 Å². The van der Waals surface area contributed by atoms with E-state index in [4.69, 9.17) is 0 Å². The Bertz CT molecular complexity index is 1680. The molecule has 3 atom stereocenters. The van der Waals surface area contributed by atoms with Crippen LogP contribution < -0.4 is 0 Å². The van der Waals surface area contributed by atoms with Crippen LogP contribution in [0.2, 0.25) is 0 Å². The number of hydrogen-bond acceptors (Lipinski definition) is 3. The Morgan fingerprint density at radius 3 is 0.719 bits per heavy atom. The van der Waals surface area contributed by atoms with Gasteiger partial charge in [-0.3, -0.25) is 0 Å². The van der Waals surface area contributed by atoms with Crippen molar-refractivity contribution in [2.24, 2.45) is 32.5 Å². The molecule has 1 aromatic rings. The second-order valence-electron chi connectivity index (χ2n) is 25.0. The lowest BCUT2D eigenvalue weighted by Crippen LogP contribution is -2.39. The van der Waals surface area contributed by atoms with Gasteiger partial charge in [0.05, 0.1) is 16.8 Å². The minimum absolute atomic E-state index is 0.0916. The van der Waals surface area contributed by atoms with Crippen molar-refractivity contribution in [3.05, 3.63) is 103 Å². The van der Waals surface area contributed by atoms with Gasteiger partial charge in [-0.2, -0.15) is 0 Å². The maximum Gasteiger partial charge on any atom is 0.0911 e. The monoisotopic (exact) mass is 781 g/mol. The lowest BCUT2D eigenvalue weighted by Gasteiger charge is -2.41. The van der Waals surface area contributed by atoms with Crippen molar-refractivity contribution in [3.8, 4) is 0 Å². The smallest absolute Gasteiger partial charge is 0.0911 e. The largest absolute Gasteiger partial charge is 0.385 e. The molecule has 3 nitrogen and oxygen atoms in total. The average Bonchev–Trinajstić information content (AvgIpc) is 3.00. The highest BCUT2D eigenvalue weighted by Gasteiger charge is 2.42. The Balaban J connectivity index is 2.01. The molecule has 0 aromatic heterocycles. The highest BCUT2D eigenvalue weighted by Crippen LogP contribution is 2.48. The molecule has 57 heavy (non-hydrogen) atoms. The van der Waals surface area contributed by atoms with Gasteiger partial charge >= 0.3 is 0 Å². The van der Waals surface area contributed by atoms with E-state index in [-0.39, 0.29) is 32.5 Å². The molecule has 0 fully saturated rings. The van der Waals surface area contributed by atoms with E-state index in [2.05, 4.69) is 182 Å². The third-order valence-electron chi connectivity index (χ3n) is 13.4. The van der Waals surface area contributed by atoms with E-state index in [9.17, 15) is 15.3 Å². The molecular formula is C54H84O3. The van der Waals surface area contributed by atoms with E-state index < -0.39 is 16.8 Å². The van der Waals surface area contributed by atoms with Gasteiger partial charge in [0, 0.05) is 38.5 Å². The molecule has 3 N–H and O–H groups in total. The molecule has 3 aliphatic rings. The number of hydrogen-bond donors (Lipinski definition) is 3. The molecule has 0 saturated heterocycles. The van der Waals surface area contributed by atoms with E-state index in [1.165, 1.54) is 33.4 Å². The first kappa shape index (κ1) is 47.2. The molecule has 3 heteroatoms. The normalized spacial score (nSPS) is 25.7. The molecule has 0 heterocycles. The Labute approximate surface area is 350 Å². The zero-order chi connectivity index (χ0) is 43.9. The van der Waals surface area contributed by atoms with Crippen molar-refractivity contribution in [3.63, 3.8) is 0 Å². The van der Waals surface area contributed by atoms with Gasteiger partial charge in [-0.1, -0.05) is 160 Å². The van der Waals surface area contributed by atoms with Gasteiger partial charge in [0.1, 0.15) is 0 Å². The van der Waals surface area contributed by atoms with Gasteiger partial charge < -0.3 is 15.3 Å². The SMILES string of the molecule is Cc1c(CC2(O)C=C(C(C)(C)C)C=C(C(C)(C)C)C2)c(C)c(CC2(O)C=C(C(C)(C)C)C=C(C(C)(C)C)C2)c(C)c1CC1(O)C=C(C(C)(C)C)C=C(C(C)(C)C)C1. The maximum atomic E-state index is 12.9. The zero-order valence-corrected chi connectivity index (χ0v) is 40.5. The zero-order valence-electron chi connectivity index (χ0n) is 40.5. The van der Waals surface area contributed by atoms with Crippen LogP contribution >= 0.6 is 0 Å². The summed E-state index contributed by atoms with van der Waals surface area (Å²) in [4.78, 5) is 0. The van der Waals surface area contributed by atoms with Crippen molar-refractivity contribution >= 4 is 0 Å². The second-order valence-corrected chi connectivity index (χ2v) is 25.0. The first-order valence-electron chi connectivity index (χ1n) is 21.9. The fourth-order valence-corrected chi connectivity index (χ4v) is 9.04. The standard InChI is InChI=1S/C54H84O3/c1-34-43(31-52(55)25-37(46(4,5)6)22-38(26-52)47(7,8)9)35(2)45(33-54(57)29-41(50(16,17)18)24-42(30-54)51(19,20)21)36(3)44(34)32-53(56)27-39(48(10,11)12)23-40(28-53)49(13,14)15/h22-25,27,29,55-57H,26,28,30-33H2,1-21H3. The van der Waals surface area contributed by atoms with Crippen LogP contribution in [-0.2, 0) is 19.3 Å². The molecule has 3 unspecified atom stereocenters. The summed E-state index contributed by atoms with van der Waals surface area (Å²) in [6, 6.07) is 0. The summed E-state index contributed by atoms with van der Waals surface area (Å²) >= 11 is 0. The predicted octanol–water partition coefficient (Wildman–Crippen LogP) is 13.5. The van der Waals surface area contributed by atoms with Gasteiger partial charge in [-0.05, 0) is 122 Å². The van der Waals surface area contributed by atoms with Crippen LogP contribution in [0.5, 0.6) is 0 Å². The summed E-state index contributed by atoms with van der Waals surface area (Å²) in [5, 5.41) is 38.7. The Kier molecular flexibility index (Phi) is 12.4. The lowest BCUT2D eigenvalue weighted by molar-refractivity contribution is 0.0792. The quantitative estimate of drug-likeness (QED) is 0.269. The predicted molar refractivity (Wildman–Crippen MR) is 246 cm³/mol. The van der Waals surface area contributed by atoms with Crippen LogP contribution in [0, 0.1) is 53.3 Å². The van der Waals surface area contributed by atoms with Gasteiger partial charge in [-0.25, -0.2) is 0 Å². The van der Waals surface area contributed by atoms with E-state index in [0.29, 0.717) is 38.5 Å². The van der Waals surface area contributed by atoms with E-state index in [0.717, 1.165) is 33.4 Å². The minimum atomic E-state index is -1.09. The van der Waals surface area contributed by atoms with Gasteiger partial charge in [0.15, 0.2) is 0 Å². The van der Waals surface area contributed by atoms with Crippen molar-refractivity contribution in [2.75, 3.05) is 0 Å². The molecule has 0 bridgehead atoms. The first-order valence-corrected chi connectivity index (χ1v) is 21.9. The lowest BCUT2D eigenvalue weighted by atomic mass is 9.67. The first-order chi connectivity index (χ1) is 25.3. The van der Waals surface area contributed by atoms with Crippen LogP contribution in [0.4, 0.5) is 0 Å². The third kappa shape index (κ3) is 10.8. The minimum Gasteiger partial charge on any atom is -0.385 e. The van der Waals surface area contributed by atoms with Gasteiger partial charge in [-0.15, -0.1) is 0 Å². The fraction of sp³-hybridized carbons (Fsp3) is 0.667. The molecule has 0 aliphatic heterocycles. The molecule has 318 valence electrons. The maximum absolute atomic E-state index is 12.9. The summed E-state index contributed by atoms with van der Waals surface area (Å²) < 4.78 is 0. The fourth-order valence-electron chi connectivity index (χ4n) is 9.04. The summed E-state index contributed by atoms with van der Waals surface area (Å²) in [5.74, 6) is 0. The molecule has 4 rings (SSSR count). The third-order valence-corrected chi connectivity index (χ3v) is 13.4. The number of allylic oxidation sites excluding steroid dienone is 6. The van der Waals surface area contributed by atoms with Crippen LogP contribution in [0.1, 0.15) is 177 Å². The molecule has 0 saturated carbocycles. The summed E-state index contributed by atoms with van der Waals surface area (Å²) in [6.07, 6.45) is 16.5. The van der Waals surface area contributed by atoms with Crippen molar-refractivity contribution < 1.29 is 15.3 Å². The molecule has 0 amide bonds. The number of benzene rings is 1. The molecular weight excluding hydrogens is 697 g/mol. The number of aliphatic hydroxyl groups is 3. The van der Waals surface area contributed by atoms with E-state index >= 15 is 0 Å². The molecule has 1 aromatic carbocycles. The summed E-state index contributed by atoms with van der Waals surface area (Å²) in [6.45, 7) is 47.0.